The smallest absolute Gasteiger partial charge is 0.196 e. The summed E-state index contributed by atoms with van der Waals surface area (Å²) in [6, 6.07) is 17.2. The van der Waals surface area contributed by atoms with Crippen LogP contribution in [0, 0.1) is 0 Å². The first-order valence-electron chi connectivity index (χ1n) is 6.61. The first-order chi connectivity index (χ1) is 9.83. The lowest BCUT2D eigenvalue weighted by Crippen LogP contribution is -2.17. The minimum absolute atomic E-state index is 0.0297. The van der Waals surface area contributed by atoms with Gasteiger partial charge < -0.3 is 10.4 Å². The van der Waals surface area contributed by atoms with Gasteiger partial charge in [-0.05, 0) is 5.56 Å². The standard InChI is InChI=1S/C17H15NO2/c19-11-10-18-16-13-8-4-5-9-14(13)17(20)15(16)12-6-2-1-3-7-12/h1-9,18-19H,10-11H2. The molecule has 0 radical (unpaired) electrons. The summed E-state index contributed by atoms with van der Waals surface area (Å²) in [6.07, 6.45) is 0. The van der Waals surface area contributed by atoms with Crippen molar-refractivity contribution in [3.05, 3.63) is 71.3 Å². The van der Waals surface area contributed by atoms with Crippen LogP contribution in [0.2, 0.25) is 0 Å². The van der Waals surface area contributed by atoms with Crippen LogP contribution in [-0.4, -0.2) is 24.0 Å². The number of aliphatic hydroxyl groups is 1. The molecule has 3 rings (SSSR count). The number of rotatable bonds is 4. The van der Waals surface area contributed by atoms with Gasteiger partial charge in [0, 0.05) is 17.7 Å². The number of fused-ring (bicyclic) bond motifs is 1. The monoisotopic (exact) mass is 265 g/mol. The second-order valence-electron chi connectivity index (χ2n) is 4.64. The molecule has 2 aromatic carbocycles. The summed E-state index contributed by atoms with van der Waals surface area (Å²) in [4.78, 5) is 12.6. The molecule has 0 fully saturated rings. The van der Waals surface area contributed by atoms with E-state index in [1.807, 2.05) is 54.6 Å². The lowest BCUT2D eigenvalue weighted by Gasteiger charge is -2.10. The quantitative estimate of drug-likeness (QED) is 0.892. The number of ketones is 1. The molecule has 0 heterocycles. The number of carbonyl (C=O) groups excluding carboxylic acids is 1. The van der Waals surface area contributed by atoms with Crippen LogP contribution in [0.25, 0.3) is 11.3 Å². The molecule has 20 heavy (non-hydrogen) atoms. The summed E-state index contributed by atoms with van der Waals surface area (Å²) < 4.78 is 0. The zero-order valence-corrected chi connectivity index (χ0v) is 11.0. The molecular weight excluding hydrogens is 250 g/mol. The molecule has 2 aromatic rings. The van der Waals surface area contributed by atoms with Gasteiger partial charge in [0.2, 0.25) is 0 Å². The average molecular weight is 265 g/mol. The van der Waals surface area contributed by atoms with Gasteiger partial charge in [0.15, 0.2) is 5.78 Å². The Hall–Kier alpha value is -2.39. The predicted molar refractivity (Wildman–Crippen MR) is 79.1 cm³/mol. The number of benzene rings is 2. The van der Waals surface area contributed by atoms with E-state index in [-0.39, 0.29) is 12.4 Å². The van der Waals surface area contributed by atoms with Gasteiger partial charge >= 0.3 is 0 Å². The van der Waals surface area contributed by atoms with Crippen LogP contribution >= 0.6 is 0 Å². The summed E-state index contributed by atoms with van der Waals surface area (Å²) in [7, 11) is 0. The molecule has 0 saturated carbocycles. The molecule has 2 N–H and O–H groups in total. The van der Waals surface area contributed by atoms with E-state index in [0.29, 0.717) is 17.7 Å². The lowest BCUT2D eigenvalue weighted by atomic mass is 10.0. The number of nitrogens with one attached hydrogen (secondary N) is 1. The SMILES string of the molecule is O=C1C(c2ccccc2)=C(NCCO)c2ccccc21. The Balaban J connectivity index is 2.15. The van der Waals surface area contributed by atoms with Gasteiger partial charge in [-0.15, -0.1) is 0 Å². The molecule has 0 bridgehead atoms. The number of carbonyl (C=O) groups is 1. The minimum atomic E-state index is 0.0297. The third-order valence-corrected chi connectivity index (χ3v) is 3.39. The second kappa shape index (κ2) is 5.31. The molecule has 0 aromatic heterocycles. The van der Waals surface area contributed by atoms with Crippen LogP contribution in [0.4, 0.5) is 0 Å². The Morgan fingerprint density at radius 1 is 0.900 bits per heavy atom. The van der Waals surface area contributed by atoms with Crippen molar-refractivity contribution in [1.82, 2.24) is 5.32 Å². The van der Waals surface area contributed by atoms with Crippen LogP contribution in [0.1, 0.15) is 21.5 Å². The maximum atomic E-state index is 12.6. The van der Waals surface area contributed by atoms with Crippen LogP contribution in [0.5, 0.6) is 0 Å². The largest absolute Gasteiger partial charge is 0.395 e. The molecule has 0 saturated heterocycles. The Labute approximate surface area is 117 Å². The van der Waals surface area contributed by atoms with E-state index in [4.69, 9.17) is 5.11 Å². The van der Waals surface area contributed by atoms with Crippen molar-refractivity contribution in [3.8, 4) is 0 Å². The van der Waals surface area contributed by atoms with Crippen LogP contribution in [-0.2, 0) is 0 Å². The first-order valence-corrected chi connectivity index (χ1v) is 6.61. The normalized spacial score (nSPS) is 13.6. The number of aliphatic hydroxyl groups excluding tert-OH is 1. The lowest BCUT2D eigenvalue weighted by molar-refractivity contribution is 0.105. The van der Waals surface area contributed by atoms with E-state index in [2.05, 4.69) is 5.32 Å². The summed E-state index contributed by atoms with van der Waals surface area (Å²) in [5, 5.41) is 12.2. The zero-order valence-electron chi connectivity index (χ0n) is 11.0. The first kappa shape index (κ1) is 12.6. The summed E-state index contributed by atoms with van der Waals surface area (Å²) in [5.41, 5.74) is 4.01. The third kappa shape index (κ3) is 2.02. The maximum Gasteiger partial charge on any atom is 0.196 e. The minimum Gasteiger partial charge on any atom is -0.395 e. The molecular formula is C17H15NO2. The topological polar surface area (TPSA) is 49.3 Å². The van der Waals surface area contributed by atoms with Crippen LogP contribution in [0.3, 0.4) is 0 Å². The average Bonchev–Trinajstić information content (AvgIpc) is 2.79. The second-order valence-corrected chi connectivity index (χ2v) is 4.64. The maximum absolute atomic E-state index is 12.6. The zero-order chi connectivity index (χ0) is 13.9. The highest BCUT2D eigenvalue weighted by Crippen LogP contribution is 2.36. The van der Waals surface area contributed by atoms with Gasteiger partial charge in [-0.2, -0.15) is 0 Å². The van der Waals surface area contributed by atoms with Gasteiger partial charge in [0.25, 0.3) is 0 Å². The van der Waals surface area contributed by atoms with Crippen molar-refractivity contribution in [2.45, 2.75) is 0 Å². The van der Waals surface area contributed by atoms with E-state index in [1.54, 1.807) is 0 Å². The van der Waals surface area contributed by atoms with Gasteiger partial charge in [-0.3, -0.25) is 4.79 Å². The molecule has 100 valence electrons. The molecule has 0 unspecified atom stereocenters. The van der Waals surface area contributed by atoms with E-state index in [1.165, 1.54) is 0 Å². The van der Waals surface area contributed by atoms with Crippen molar-refractivity contribution < 1.29 is 9.90 Å². The molecule has 0 amide bonds. The van der Waals surface area contributed by atoms with Gasteiger partial charge in [-0.1, -0.05) is 54.6 Å². The Morgan fingerprint density at radius 3 is 2.25 bits per heavy atom. The fraction of sp³-hybridized carbons (Fsp3) is 0.118. The van der Waals surface area contributed by atoms with E-state index in [9.17, 15) is 4.79 Å². The van der Waals surface area contributed by atoms with Crippen molar-refractivity contribution in [3.63, 3.8) is 0 Å². The van der Waals surface area contributed by atoms with Gasteiger partial charge in [-0.25, -0.2) is 0 Å². The Bertz CT molecular complexity index is 674. The molecule has 0 spiro atoms. The molecule has 1 aliphatic rings. The van der Waals surface area contributed by atoms with Gasteiger partial charge in [0.1, 0.15) is 0 Å². The molecule has 3 heteroatoms. The number of hydrogen-bond donors (Lipinski definition) is 2. The summed E-state index contributed by atoms with van der Waals surface area (Å²) in [5.74, 6) is 0.0345. The highest BCUT2D eigenvalue weighted by Gasteiger charge is 2.29. The number of Topliss-reactive ketones (excluding diaryl/α,β-unsaturated/α-hetero) is 1. The van der Waals surface area contributed by atoms with Crippen LogP contribution < -0.4 is 5.32 Å². The predicted octanol–water partition coefficient (Wildman–Crippen LogP) is 2.33. The summed E-state index contributed by atoms with van der Waals surface area (Å²) in [6.45, 7) is 0.454. The number of hydrogen-bond acceptors (Lipinski definition) is 3. The van der Waals surface area contributed by atoms with E-state index in [0.717, 1.165) is 16.8 Å². The van der Waals surface area contributed by atoms with E-state index < -0.39 is 0 Å². The van der Waals surface area contributed by atoms with Crippen LogP contribution in [0.15, 0.2) is 54.6 Å². The fourth-order valence-electron chi connectivity index (χ4n) is 2.53. The highest BCUT2D eigenvalue weighted by molar-refractivity contribution is 6.39. The third-order valence-electron chi connectivity index (χ3n) is 3.39. The van der Waals surface area contributed by atoms with Crippen molar-refractivity contribution in [2.75, 3.05) is 13.2 Å². The van der Waals surface area contributed by atoms with E-state index >= 15 is 0 Å². The highest BCUT2D eigenvalue weighted by atomic mass is 16.3. The van der Waals surface area contributed by atoms with Crippen molar-refractivity contribution in [1.29, 1.82) is 0 Å². The molecule has 3 nitrogen and oxygen atoms in total. The summed E-state index contributed by atoms with van der Waals surface area (Å²) >= 11 is 0. The molecule has 1 aliphatic carbocycles. The molecule has 0 aliphatic heterocycles. The van der Waals surface area contributed by atoms with Crippen molar-refractivity contribution >= 4 is 17.1 Å². The fourth-order valence-corrected chi connectivity index (χ4v) is 2.53. The van der Waals surface area contributed by atoms with Crippen molar-refractivity contribution in [2.24, 2.45) is 0 Å². The van der Waals surface area contributed by atoms with Gasteiger partial charge in [0.05, 0.1) is 17.9 Å². The molecule has 0 atom stereocenters. The Kier molecular flexibility index (Phi) is 3.35. The number of allylic oxidation sites excluding steroid dienone is 1. The Morgan fingerprint density at radius 2 is 1.55 bits per heavy atom.